The lowest BCUT2D eigenvalue weighted by atomic mass is 10.0. The van der Waals surface area contributed by atoms with E-state index in [1.54, 1.807) is 0 Å². The van der Waals surface area contributed by atoms with Gasteiger partial charge in [-0.05, 0) is 161 Å². The van der Waals surface area contributed by atoms with Crippen LogP contribution in [0.2, 0.25) is 0 Å². The maximum Gasteiger partial charge on any atom is 0.472 e. The van der Waals surface area contributed by atoms with E-state index in [0.29, 0.717) is 25.7 Å². The second kappa shape index (κ2) is 87.7. The van der Waals surface area contributed by atoms with Crippen LogP contribution in [0.3, 0.4) is 0 Å². The zero-order chi connectivity index (χ0) is 83.6. The number of hydrogen-bond donors (Lipinski definition) is 4. The van der Waals surface area contributed by atoms with Gasteiger partial charge in [-0.15, -0.1) is 0 Å². The number of unbranched alkanes of at least 4 members (excludes halogenated alkanes) is 28. The van der Waals surface area contributed by atoms with E-state index in [0.717, 1.165) is 167 Å². The normalized spacial score (nSPS) is 14.7. The van der Waals surface area contributed by atoms with E-state index in [4.69, 9.17) is 32.3 Å². The van der Waals surface area contributed by atoms with E-state index in [-0.39, 0.29) is 19.3 Å². The van der Waals surface area contributed by atoms with Crippen LogP contribution >= 0.6 is 15.6 Å². The number of rotatable bonds is 83. The zero-order valence-corrected chi connectivity index (χ0v) is 73.7. The first-order valence-corrected chi connectivity index (χ1v) is 47.7. The van der Waals surface area contributed by atoms with Crippen molar-refractivity contribution in [3.63, 3.8) is 0 Å². The number of hydrogen-bond acceptors (Lipinski definition) is 14. The molecule has 5 atom stereocenters. The van der Waals surface area contributed by atoms with Crippen LogP contribution < -0.4 is 0 Å². The van der Waals surface area contributed by atoms with Crippen LogP contribution in [0, 0.1) is 0 Å². The van der Waals surface area contributed by atoms with Crippen molar-refractivity contribution in [2.24, 2.45) is 0 Å². The first-order chi connectivity index (χ1) is 56.2. The van der Waals surface area contributed by atoms with Gasteiger partial charge in [0, 0.05) is 19.3 Å². The van der Waals surface area contributed by atoms with Crippen LogP contribution in [-0.4, -0.2) is 95.9 Å². The number of aliphatic hydroxyl groups is 2. The average Bonchev–Trinajstić information content (AvgIpc) is 0.888. The fourth-order valence-electron chi connectivity index (χ4n) is 11.6. The summed E-state index contributed by atoms with van der Waals surface area (Å²) in [6, 6.07) is 0. The van der Waals surface area contributed by atoms with Crippen LogP contribution in [-0.2, 0) is 55.8 Å². The van der Waals surface area contributed by atoms with Crippen molar-refractivity contribution in [3.8, 4) is 0 Å². The van der Waals surface area contributed by atoms with Gasteiger partial charge >= 0.3 is 33.6 Å². The van der Waals surface area contributed by atoms with E-state index in [1.165, 1.54) is 109 Å². The minimum atomic E-state index is -4.96. The highest BCUT2D eigenvalue weighted by Crippen LogP contribution is 2.45. The van der Waals surface area contributed by atoms with Crippen molar-refractivity contribution >= 4 is 33.6 Å². The molecule has 0 aromatic rings. The summed E-state index contributed by atoms with van der Waals surface area (Å²) in [4.78, 5) is 58.9. The molecule has 0 radical (unpaired) electrons. The molecule has 0 aromatic carbocycles. The molecule has 0 heterocycles. The summed E-state index contributed by atoms with van der Waals surface area (Å²) in [6.07, 6.45) is 116. The smallest absolute Gasteiger partial charge is 0.463 e. The van der Waals surface area contributed by atoms with Crippen molar-refractivity contribution in [1.82, 2.24) is 0 Å². The van der Waals surface area contributed by atoms with Crippen LogP contribution in [0.4, 0.5) is 0 Å². The topological polar surface area (TPSA) is 231 Å². The van der Waals surface area contributed by atoms with Gasteiger partial charge in [0.1, 0.15) is 25.4 Å². The second-order valence-corrected chi connectivity index (χ2v) is 32.2. The van der Waals surface area contributed by atoms with Gasteiger partial charge in [0.2, 0.25) is 0 Å². The van der Waals surface area contributed by atoms with Crippen LogP contribution in [0.15, 0.2) is 194 Å². The summed E-state index contributed by atoms with van der Waals surface area (Å²) >= 11 is 0. The third kappa shape index (κ3) is 89.0. The molecule has 115 heavy (non-hydrogen) atoms. The number of allylic oxidation sites excluding steroid dienone is 32. The van der Waals surface area contributed by atoms with Crippen LogP contribution in [0.25, 0.3) is 0 Å². The molecule has 0 aliphatic rings. The Morgan fingerprint density at radius 3 is 0.704 bits per heavy atom. The van der Waals surface area contributed by atoms with Crippen molar-refractivity contribution < 1.29 is 75.8 Å². The summed E-state index contributed by atoms with van der Waals surface area (Å²) in [5.41, 5.74) is 0. The summed E-state index contributed by atoms with van der Waals surface area (Å²) in [7, 11) is -9.83. The minimum absolute atomic E-state index is 0.0433. The first-order valence-electron chi connectivity index (χ1n) is 44.7. The third-order valence-corrected chi connectivity index (χ3v) is 20.2. The molecule has 0 bridgehead atoms. The largest absolute Gasteiger partial charge is 0.472 e. The Hall–Kier alpha value is -5.61. The van der Waals surface area contributed by atoms with E-state index in [9.17, 15) is 43.5 Å². The van der Waals surface area contributed by atoms with Crippen molar-refractivity contribution in [3.05, 3.63) is 194 Å². The highest BCUT2D eigenvalue weighted by molar-refractivity contribution is 7.47. The van der Waals surface area contributed by atoms with Crippen LogP contribution in [0.5, 0.6) is 0 Å². The molecule has 0 rings (SSSR count). The van der Waals surface area contributed by atoms with Crippen molar-refractivity contribution in [2.75, 3.05) is 39.6 Å². The second-order valence-electron chi connectivity index (χ2n) is 29.3. The number of carbonyl (C=O) groups excluding carboxylic acids is 3. The maximum atomic E-state index is 13.0. The lowest BCUT2D eigenvalue weighted by Crippen LogP contribution is -2.30. The Kier molecular flexibility index (Phi) is 83.4. The molecule has 0 spiro atoms. The molecule has 0 saturated carbocycles. The van der Waals surface area contributed by atoms with Gasteiger partial charge in [-0.3, -0.25) is 32.5 Å². The van der Waals surface area contributed by atoms with E-state index in [1.807, 2.05) is 0 Å². The molecule has 0 aromatic heterocycles. The summed E-state index contributed by atoms with van der Waals surface area (Å²) in [6.45, 7) is 2.30. The molecule has 0 aliphatic heterocycles. The molecule has 16 nitrogen and oxygen atoms in total. The highest BCUT2D eigenvalue weighted by Gasteiger charge is 2.29. The number of ether oxygens (including phenoxy) is 3. The van der Waals surface area contributed by atoms with Gasteiger partial charge < -0.3 is 34.2 Å². The van der Waals surface area contributed by atoms with Crippen molar-refractivity contribution in [2.45, 2.75) is 360 Å². The molecule has 0 amide bonds. The standard InChI is InChI=1S/C97H160O16P2/c1-4-7-10-13-16-19-22-25-28-31-34-37-39-41-43-45-47-49-51-54-56-59-62-65-68-71-74-77-80-83-95(100)107-86-92(98)87-109-114(103,104)110-88-93(99)89-111-115(105,106)112-91-94(113-97(102)85-82-79-76-73-70-67-64-61-58-53-36-33-30-27-24-21-18-15-12-9-6-3)90-108-96(101)84-81-78-75-72-69-66-63-60-57-55-52-50-48-46-44-42-40-38-35-32-29-26-23-20-17-14-11-8-5-2/h7-12,16-21,25-30,34-38,41-44,53,61,64,70,73,92-94,98-99H,4-6,13-15,22-24,31-33,39-40,45-52,54-60,62-63,65-69,71-72,74-91H2,1-3H3,(H,103,104)(H,105,106)/b10-7-,11-8-,12-9-,19-16-,20-17-,21-18-,28-25-,29-26-,30-27-,37-34-,38-35-,43-41-,44-42-,53-36-,64-61-,73-70-. The zero-order valence-electron chi connectivity index (χ0n) is 71.9. The van der Waals surface area contributed by atoms with Gasteiger partial charge in [0.25, 0.3) is 0 Å². The van der Waals surface area contributed by atoms with E-state index >= 15 is 0 Å². The molecule has 5 unspecified atom stereocenters. The Bertz CT molecular complexity index is 2870. The molecular formula is C97H160O16P2. The number of phosphoric acid groups is 2. The SMILES string of the molecule is CC/C=C\C/C=C\C/C=C\C/C=C\C/C=C\C/C=C\CCCCC(=O)OC(COC(=O)CCCCCCCCCCCCCCC/C=C\C/C=C\C/C=C\C/C=C\C/C=C\CC)COP(=O)(O)OCC(O)COP(=O)(O)OCC(O)COC(=O)CCCCCCCCCCCCCCC/C=C\C/C=C\C/C=C\C/C=C\C/C=C\CC. The monoisotopic (exact) mass is 1640 g/mol. The Morgan fingerprint density at radius 1 is 0.243 bits per heavy atom. The first kappa shape index (κ1) is 109. The fourth-order valence-corrected chi connectivity index (χ4v) is 13.2. The number of carbonyl (C=O) groups is 3. The molecule has 18 heteroatoms. The van der Waals surface area contributed by atoms with Gasteiger partial charge in [-0.1, -0.05) is 356 Å². The van der Waals surface area contributed by atoms with Gasteiger partial charge in [-0.25, -0.2) is 9.13 Å². The molecular weight excluding hydrogens is 1480 g/mol. The Morgan fingerprint density at radius 2 is 0.435 bits per heavy atom. The van der Waals surface area contributed by atoms with Gasteiger partial charge in [-0.2, -0.15) is 0 Å². The Balaban J connectivity index is 4.66. The Labute approximate surface area is 699 Å². The maximum absolute atomic E-state index is 13.0. The third-order valence-electron chi connectivity index (χ3n) is 18.3. The fraction of sp³-hybridized carbons (Fsp3) is 0.639. The molecule has 0 fully saturated rings. The lowest BCUT2D eigenvalue weighted by Gasteiger charge is -2.21. The van der Waals surface area contributed by atoms with Crippen molar-refractivity contribution in [1.29, 1.82) is 0 Å². The number of phosphoric ester groups is 2. The summed E-state index contributed by atoms with van der Waals surface area (Å²) in [5, 5.41) is 20.7. The lowest BCUT2D eigenvalue weighted by molar-refractivity contribution is -0.161. The molecule has 654 valence electrons. The molecule has 4 N–H and O–H groups in total. The summed E-state index contributed by atoms with van der Waals surface area (Å²) < 4.78 is 61.4. The number of aliphatic hydroxyl groups excluding tert-OH is 2. The summed E-state index contributed by atoms with van der Waals surface area (Å²) in [5.74, 6) is -1.63. The highest BCUT2D eigenvalue weighted by atomic mass is 31.2. The van der Waals surface area contributed by atoms with E-state index in [2.05, 4.69) is 215 Å². The average molecular weight is 1640 g/mol. The quantitative estimate of drug-likeness (QED) is 0.0146. The predicted octanol–water partition coefficient (Wildman–Crippen LogP) is 27.4. The molecule has 0 aliphatic carbocycles. The van der Waals surface area contributed by atoms with Gasteiger partial charge in [0.05, 0.1) is 26.4 Å². The number of esters is 3. The van der Waals surface area contributed by atoms with Crippen LogP contribution in [0.1, 0.15) is 342 Å². The molecule has 0 saturated heterocycles. The predicted molar refractivity (Wildman–Crippen MR) is 481 cm³/mol. The van der Waals surface area contributed by atoms with Gasteiger partial charge in [0.15, 0.2) is 6.10 Å². The van der Waals surface area contributed by atoms with E-state index < -0.39 is 91.5 Å². The minimum Gasteiger partial charge on any atom is -0.463 e.